The van der Waals surface area contributed by atoms with Gasteiger partial charge in [0.15, 0.2) is 0 Å². The van der Waals surface area contributed by atoms with Crippen LogP contribution in [0.5, 0.6) is 0 Å². The third-order valence-corrected chi connectivity index (χ3v) is 4.05. The second kappa shape index (κ2) is 8.55. The fourth-order valence-corrected chi connectivity index (χ4v) is 2.15. The minimum Gasteiger partial charge on any atom is -0.337 e. The van der Waals surface area contributed by atoms with E-state index in [9.17, 15) is 10.1 Å². The Morgan fingerprint density at radius 1 is 1.36 bits per heavy atom. The molecular formula is C18H27N3O. The van der Waals surface area contributed by atoms with E-state index in [1.54, 1.807) is 6.92 Å². The zero-order valence-electron chi connectivity index (χ0n) is 14.1. The third kappa shape index (κ3) is 5.87. The van der Waals surface area contributed by atoms with E-state index in [1.807, 2.05) is 44.0 Å². The van der Waals surface area contributed by atoms with E-state index in [0.717, 1.165) is 19.4 Å². The molecule has 0 saturated heterocycles. The van der Waals surface area contributed by atoms with Crippen LogP contribution in [0.15, 0.2) is 30.3 Å². The first-order valence-electron chi connectivity index (χ1n) is 7.82. The number of benzene rings is 1. The number of rotatable bonds is 8. The van der Waals surface area contributed by atoms with E-state index in [4.69, 9.17) is 0 Å². The van der Waals surface area contributed by atoms with Crippen molar-refractivity contribution in [3.05, 3.63) is 35.9 Å². The molecule has 0 saturated carbocycles. The Morgan fingerprint density at radius 2 is 2.00 bits per heavy atom. The van der Waals surface area contributed by atoms with Gasteiger partial charge in [0, 0.05) is 0 Å². The van der Waals surface area contributed by atoms with E-state index in [1.165, 1.54) is 5.56 Å². The van der Waals surface area contributed by atoms with Crippen molar-refractivity contribution < 1.29 is 4.79 Å². The van der Waals surface area contributed by atoms with Crippen LogP contribution in [0.3, 0.4) is 0 Å². The molecule has 1 amide bonds. The standard InChI is InChI=1S/C18H27N3O/c1-15(2)18(3,14-19)20-17(22)13-21(4)12-8-11-16-9-6-5-7-10-16/h5-7,9-10,15H,8,11-13H2,1-4H3,(H,20,22)/t18-/m1/s1. The molecule has 0 aliphatic carbocycles. The smallest absolute Gasteiger partial charge is 0.235 e. The Bertz CT molecular complexity index is 507. The van der Waals surface area contributed by atoms with E-state index in [0.29, 0.717) is 6.54 Å². The lowest BCUT2D eigenvalue weighted by Gasteiger charge is -2.28. The first kappa shape index (κ1) is 18.2. The highest BCUT2D eigenvalue weighted by Gasteiger charge is 2.29. The van der Waals surface area contributed by atoms with Crippen LogP contribution in [0, 0.1) is 17.2 Å². The number of carbonyl (C=O) groups excluding carboxylic acids is 1. The molecule has 0 unspecified atom stereocenters. The number of carbonyl (C=O) groups is 1. The Kier molecular flexibility index (Phi) is 7.07. The minimum atomic E-state index is -0.804. The van der Waals surface area contributed by atoms with Crippen molar-refractivity contribution in [1.29, 1.82) is 5.26 Å². The maximum atomic E-state index is 12.1. The fraction of sp³-hybridized carbons (Fsp3) is 0.556. The van der Waals surface area contributed by atoms with Gasteiger partial charge >= 0.3 is 0 Å². The van der Waals surface area contributed by atoms with Crippen molar-refractivity contribution in [3.8, 4) is 6.07 Å². The Morgan fingerprint density at radius 3 is 2.55 bits per heavy atom. The summed E-state index contributed by atoms with van der Waals surface area (Å²) in [5.41, 5.74) is 0.513. The summed E-state index contributed by atoms with van der Waals surface area (Å²) in [5.74, 6) is -0.0233. The van der Waals surface area contributed by atoms with Crippen LogP contribution in [0.1, 0.15) is 32.8 Å². The zero-order valence-corrected chi connectivity index (χ0v) is 14.1. The maximum absolute atomic E-state index is 12.1. The third-order valence-electron chi connectivity index (χ3n) is 4.05. The van der Waals surface area contributed by atoms with E-state index in [2.05, 4.69) is 23.5 Å². The molecule has 0 aliphatic rings. The minimum absolute atomic E-state index is 0.0739. The van der Waals surface area contributed by atoms with Crippen molar-refractivity contribution in [1.82, 2.24) is 10.2 Å². The molecule has 4 heteroatoms. The predicted octanol–water partition coefficient (Wildman–Crippen LogP) is 2.61. The predicted molar refractivity (Wildman–Crippen MR) is 89.3 cm³/mol. The summed E-state index contributed by atoms with van der Waals surface area (Å²) in [6, 6.07) is 12.5. The molecule has 1 aromatic rings. The van der Waals surface area contributed by atoms with Gasteiger partial charge in [-0.3, -0.25) is 9.69 Å². The number of hydrogen-bond donors (Lipinski definition) is 1. The Balaban J connectivity index is 2.34. The summed E-state index contributed by atoms with van der Waals surface area (Å²) in [6.45, 7) is 6.82. The number of aryl methyl sites for hydroxylation is 1. The maximum Gasteiger partial charge on any atom is 0.235 e. The molecule has 0 bridgehead atoms. The Labute approximate surface area is 134 Å². The highest BCUT2D eigenvalue weighted by atomic mass is 16.2. The van der Waals surface area contributed by atoms with Gasteiger partial charge in [-0.15, -0.1) is 0 Å². The van der Waals surface area contributed by atoms with Crippen LogP contribution in [-0.2, 0) is 11.2 Å². The number of likely N-dealkylation sites (N-methyl/N-ethyl adjacent to an activating group) is 1. The van der Waals surface area contributed by atoms with Crippen LogP contribution < -0.4 is 5.32 Å². The molecule has 1 rings (SSSR count). The topological polar surface area (TPSA) is 56.1 Å². The van der Waals surface area contributed by atoms with Gasteiger partial charge in [0.25, 0.3) is 0 Å². The van der Waals surface area contributed by atoms with Crippen molar-refractivity contribution in [3.63, 3.8) is 0 Å². The average molecular weight is 301 g/mol. The summed E-state index contributed by atoms with van der Waals surface area (Å²) in [5, 5.41) is 12.1. The molecule has 0 fully saturated rings. The molecule has 0 radical (unpaired) electrons. The Hall–Kier alpha value is -1.86. The number of nitrogens with one attached hydrogen (secondary N) is 1. The molecule has 1 N–H and O–H groups in total. The van der Waals surface area contributed by atoms with Gasteiger partial charge in [0.2, 0.25) is 5.91 Å². The van der Waals surface area contributed by atoms with Gasteiger partial charge in [0.1, 0.15) is 5.54 Å². The zero-order chi connectivity index (χ0) is 16.6. The molecule has 0 spiro atoms. The SMILES string of the molecule is CC(C)[C@@](C)(C#N)NC(=O)CN(C)CCCc1ccccc1. The van der Waals surface area contributed by atoms with Crippen LogP contribution >= 0.6 is 0 Å². The van der Waals surface area contributed by atoms with Crippen LogP contribution in [0.2, 0.25) is 0 Å². The van der Waals surface area contributed by atoms with E-state index in [-0.39, 0.29) is 11.8 Å². The molecule has 120 valence electrons. The molecular weight excluding hydrogens is 274 g/mol. The van der Waals surface area contributed by atoms with E-state index >= 15 is 0 Å². The summed E-state index contributed by atoms with van der Waals surface area (Å²) in [7, 11) is 1.93. The summed E-state index contributed by atoms with van der Waals surface area (Å²) >= 11 is 0. The van der Waals surface area contributed by atoms with Crippen molar-refractivity contribution >= 4 is 5.91 Å². The molecule has 0 aromatic heterocycles. The fourth-order valence-electron chi connectivity index (χ4n) is 2.15. The number of hydrogen-bond acceptors (Lipinski definition) is 3. The van der Waals surface area contributed by atoms with E-state index < -0.39 is 5.54 Å². The summed E-state index contributed by atoms with van der Waals surface area (Å²) in [4.78, 5) is 14.1. The van der Waals surface area contributed by atoms with Crippen molar-refractivity contribution in [2.75, 3.05) is 20.1 Å². The molecule has 0 heterocycles. The monoisotopic (exact) mass is 301 g/mol. The summed E-state index contributed by atoms with van der Waals surface area (Å²) < 4.78 is 0. The van der Waals surface area contributed by atoms with Crippen molar-refractivity contribution in [2.45, 2.75) is 39.2 Å². The number of amides is 1. The number of nitriles is 1. The molecule has 1 aromatic carbocycles. The molecule has 22 heavy (non-hydrogen) atoms. The summed E-state index contributed by atoms with van der Waals surface area (Å²) in [6.07, 6.45) is 2.02. The van der Waals surface area contributed by atoms with Gasteiger partial charge in [-0.25, -0.2) is 0 Å². The van der Waals surface area contributed by atoms with Gasteiger partial charge in [0.05, 0.1) is 12.6 Å². The highest BCUT2D eigenvalue weighted by Crippen LogP contribution is 2.14. The van der Waals surface area contributed by atoms with Crippen LogP contribution in [0.25, 0.3) is 0 Å². The van der Waals surface area contributed by atoms with Gasteiger partial charge < -0.3 is 5.32 Å². The molecule has 4 nitrogen and oxygen atoms in total. The average Bonchev–Trinajstić information content (AvgIpc) is 2.47. The van der Waals surface area contributed by atoms with Crippen molar-refractivity contribution in [2.24, 2.45) is 5.92 Å². The lowest BCUT2D eigenvalue weighted by Crippen LogP contribution is -2.51. The second-order valence-corrected chi connectivity index (χ2v) is 6.34. The van der Waals surface area contributed by atoms with Crippen LogP contribution in [-0.4, -0.2) is 36.5 Å². The quantitative estimate of drug-likeness (QED) is 0.803. The largest absolute Gasteiger partial charge is 0.337 e. The first-order valence-corrected chi connectivity index (χ1v) is 7.82. The van der Waals surface area contributed by atoms with Crippen LogP contribution in [0.4, 0.5) is 0 Å². The lowest BCUT2D eigenvalue weighted by atomic mass is 9.90. The van der Waals surface area contributed by atoms with Gasteiger partial charge in [-0.1, -0.05) is 44.2 Å². The lowest BCUT2D eigenvalue weighted by molar-refractivity contribution is -0.123. The van der Waals surface area contributed by atoms with Gasteiger partial charge in [-0.05, 0) is 44.8 Å². The van der Waals surface area contributed by atoms with Gasteiger partial charge in [-0.2, -0.15) is 5.26 Å². The molecule has 1 atom stereocenters. The first-order chi connectivity index (χ1) is 10.4. The number of nitrogens with zero attached hydrogens (tertiary/aromatic N) is 2. The molecule has 0 aliphatic heterocycles. The normalized spacial score (nSPS) is 13.7. The second-order valence-electron chi connectivity index (χ2n) is 6.34. The highest BCUT2D eigenvalue weighted by molar-refractivity contribution is 5.79.